The first-order valence-electron chi connectivity index (χ1n) is 5.27. The first-order chi connectivity index (χ1) is 7.93. The van der Waals surface area contributed by atoms with Crippen molar-refractivity contribution in [3.8, 4) is 0 Å². The molecule has 1 N–H and O–H groups in total. The zero-order valence-corrected chi connectivity index (χ0v) is 10.6. The Labute approximate surface area is 105 Å². The van der Waals surface area contributed by atoms with Gasteiger partial charge in [0.05, 0.1) is 5.69 Å². The van der Waals surface area contributed by atoms with Crippen LogP contribution >= 0.6 is 11.6 Å². The second-order valence-corrected chi connectivity index (χ2v) is 4.56. The maximum Gasteiger partial charge on any atom is 0.254 e. The van der Waals surface area contributed by atoms with Crippen LogP contribution in [0.2, 0.25) is 5.02 Å². The van der Waals surface area contributed by atoms with Crippen LogP contribution in [0.5, 0.6) is 0 Å². The molecular weight excluding hydrogens is 240 g/mol. The van der Waals surface area contributed by atoms with E-state index < -0.39 is 6.04 Å². The van der Waals surface area contributed by atoms with Crippen molar-refractivity contribution >= 4 is 29.1 Å². The fraction of sp³-hybridized carbons (Fsp3) is 0.333. The van der Waals surface area contributed by atoms with Gasteiger partial charge in [-0.25, -0.2) is 0 Å². The number of hydrogen-bond acceptors (Lipinski definition) is 2. The molecule has 0 aliphatic carbocycles. The van der Waals surface area contributed by atoms with Gasteiger partial charge in [-0.2, -0.15) is 0 Å². The van der Waals surface area contributed by atoms with Crippen molar-refractivity contribution in [1.29, 1.82) is 0 Å². The van der Waals surface area contributed by atoms with E-state index in [1.54, 1.807) is 13.1 Å². The lowest BCUT2D eigenvalue weighted by atomic mass is 10.0. The highest BCUT2D eigenvalue weighted by molar-refractivity contribution is 6.33. The average Bonchev–Trinajstić information content (AvgIpc) is 2.49. The van der Waals surface area contributed by atoms with E-state index in [0.29, 0.717) is 10.6 Å². The Balaban J connectivity index is 2.59. The van der Waals surface area contributed by atoms with Gasteiger partial charge in [0.25, 0.3) is 5.91 Å². The predicted octanol–water partition coefficient (Wildman–Crippen LogP) is 1.80. The van der Waals surface area contributed by atoms with Gasteiger partial charge in [0.15, 0.2) is 0 Å². The lowest BCUT2D eigenvalue weighted by molar-refractivity contribution is -0.125. The molecule has 0 spiro atoms. The number of nitrogens with zero attached hydrogens (tertiary/aromatic N) is 1. The Morgan fingerprint density at radius 1 is 1.47 bits per heavy atom. The fourth-order valence-electron chi connectivity index (χ4n) is 2.18. The molecule has 1 aliphatic rings. The van der Waals surface area contributed by atoms with Crippen molar-refractivity contribution in [1.82, 2.24) is 5.32 Å². The Morgan fingerprint density at radius 3 is 2.71 bits per heavy atom. The minimum atomic E-state index is -0.667. The number of halogens is 1. The standard InChI is InChI=1S/C12H13ClN2O2/c1-6-4-5-8(13)9-10(14-7(2)16)12(17)15(3)11(6)9/h4-5,10H,1-3H3,(H,14,16)/t10-/m1/s1. The third kappa shape index (κ3) is 1.78. The number of hydrogen-bond donors (Lipinski definition) is 1. The summed E-state index contributed by atoms with van der Waals surface area (Å²) < 4.78 is 0. The first kappa shape index (κ1) is 11.9. The molecule has 0 saturated carbocycles. The van der Waals surface area contributed by atoms with Gasteiger partial charge in [-0.15, -0.1) is 0 Å². The number of nitrogens with one attached hydrogen (secondary N) is 1. The highest BCUT2D eigenvalue weighted by atomic mass is 35.5. The minimum absolute atomic E-state index is 0.161. The molecule has 1 aromatic carbocycles. The molecule has 1 heterocycles. The summed E-state index contributed by atoms with van der Waals surface area (Å²) in [7, 11) is 1.69. The van der Waals surface area contributed by atoms with E-state index >= 15 is 0 Å². The van der Waals surface area contributed by atoms with E-state index in [-0.39, 0.29) is 11.8 Å². The van der Waals surface area contributed by atoms with E-state index in [2.05, 4.69) is 5.32 Å². The minimum Gasteiger partial charge on any atom is -0.341 e. The molecular formula is C12H13ClN2O2. The van der Waals surface area contributed by atoms with Crippen molar-refractivity contribution in [2.24, 2.45) is 0 Å². The zero-order valence-electron chi connectivity index (χ0n) is 9.87. The summed E-state index contributed by atoms with van der Waals surface area (Å²) in [6.45, 7) is 3.30. The van der Waals surface area contributed by atoms with Crippen LogP contribution in [-0.4, -0.2) is 18.9 Å². The number of benzene rings is 1. The van der Waals surface area contributed by atoms with Gasteiger partial charge < -0.3 is 10.2 Å². The van der Waals surface area contributed by atoms with Gasteiger partial charge in [-0.1, -0.05) is 17.7 Å². The Bertz CT molecular complexity index is 513. The summed E-state index contributed by atoms with van der Waals surface area (Å²) in [4.78, 5) is 24.7. The van der Waals surface area contributed by atoms with E-state index in [4.69, 9.17) is 11.6 Å². The largest absolute Gasteiger partial charge is 0.341 e. The van der Waals surface area contributed by atoms with E-state index in [9.17, 15) is 9.59 Å². The number of aryl methyl sites for hydroxylation is 1. The number of likely N-dealkylation sites (N-methyl/N-ethyl adjacent to an activating group) is 1. The molecule has 1 aliphatic heterocycles. The quantitative estimate of drug-likeness (QED) is 0.829. The fourth-order valence-corrected chi connectivity index (χ4v) is 2.44. The van der Waals surface area contributed by atoms with Crippen LogP contribution in [0.3, 0.4) is 0 Å². The number of carbonyl (C=O) groups excluding carboxylic acids is 2. The van der Waals surface area contributed by atoms with Gasteiger partial charge in [-0.3, -0.25) is 9.59 Å². The van der Waals surface area contributed by atoms with Crippen LogP contribution in [0.4, 0.5) is 5.69 Å². The Hall–Kier alpha value is -1.55. The van der Waals surface area contributed by atoms with E-state index in [1.807, 2.05) is 13.0 Å². The van der Waals surface area contributed by atoms with E-state index in [0.717, 1.165) is 11.3 Å². The molecule has 17 heavy (non-hydrogen) atoms. The Morgan fingerprint density at radius 2 is 2.12 bits per heavy atom. The third-order valence-corrected chi connectivity index (χ3v) is 3.24. The molecule has 5 heteroatoms. The second-order valence-electron chi connectivity index (χ2n) is 4.16. The number of carbonyl (C=O) groups is 2. The SMILES string of the molecule is CC(=O)N[C@H]1C(=O)N(C)c2c(C)ccc(Cl)c21. The third-order valence-electron chi connectivity index (χ3n) is 2.91. The molecule has 4 nitrogen and oxygen atoms in total. The first-order valence-corrected chi connectivity index (χ1v) is 5.65. The molecule has 2 rings (SSSR count). The molecule has 0 radical (unpaired) electrons. The number of anilines is 1. The molecule has 0 aromatic heterocycles. The maximum atomic E-state index is 12.1. The Kier molecular flexibility index (Phi) is 2.83. The van der Waals surface area contributed by atoms with Crippen LogP contribution in [0.1, 0.15) is 24.1 Å². The number of rotatable bonds is 1. The smallest absolute Gasteiger partial charge is 0.254 e. The van der Waals surface area contributed by atoms with Crippen LogP contribution in [0, 0.1) is 6.92 Å². The van der Waals surface area contributed by atoms with Crippen molar-refractivity contribution in [2.75, 3.05) is 11.9 Å². The molecule has 2 amide bonds. The average molecular weight is 253 g/mol. The summed E-state index contributed by atoms with van der Waals surface area (Å²) in [5, 5.41) is 3.13. The van der Waals surface area contributed by atoms with Gasteiger partial charge in [-0.05, 0) is 18.6 Å². The summed E-state index contributed by atoms with van der Waals surface area (Å²) >= 11 is 6.12. The summed E-state index contributed by atoms with van der Waals surface area (Å²) in [6, 6.07) is 2.94. The van der Waals surface area contributed by atoms with Crippen LogP contribution in [0.25, 0.3) is 0 Å². The lowest BCUT2D eigenvalue weighted by Crippen LogP contribution is -2.34. The normalized spacial score (nSPS) is 18.2. The molecule has 90 valence electrons. The molecule has 0 saturated heterocycles. The monoisotopic (exact) mass is 252 g/mol. The summed E-state index contributed by atoms with van der Waals surface area (Å²) in [6.07, 6.45) is 0. The highest BCUT2D eigenvalue weighted by Crippen LogP contribution is 2.41. The van der Waals surface area contributed by atoms with Crippen molar-refractivity contribution in [3.05, 3.63) is 28.3 Å². The highest BCUT2D eigenvalue weighted by Gasteiger charge is 2.38. The number of amides is 2. The summed E-state index contributed by atoms with van der Waals surface area (Å²) in [5.74, 6) is -0.409. The molecule has 1 aromatic rings. The molecule has 1 atom stereocenters. The molecule has 0 fully saturated rings. The molecule has 0 bridgehead atoms. The van der Waals surface area contributed by atoms with Gasteiger partial charge in [0.1, 0.15) is 6.04 Å². The second kappa shape index (κ2) is 4.04. The van der Waals surface area contributed by atoms with Crippen molar-refractivity contribution in [3.63, 3.8) is 0 Å². The van der Waals surface area contributed by atoms with Crippen molar-refractivity contribution < 1.29 is 9.59 Å². The van der Waals surface area contributed by atoms with Crippen LogP contribution < -0.4 is 10.2 Å². The maximum absolute atomic E-state index is 12.1. The van der Waals surface area contributed by atoms with E-state index in [1.165, 1.54) is 11.8 Å². The van der Waals surface area contributed by atoms with Gasteiger partial charge in [0.2, 0.25) is 5.91 Å². The molecule has 0 unspecified atom stereocenters. The van der Waals surface area contributed by atoms with Crippen LogP contribution in [0.15, 0.2) is 12.1 Å². The zero-order chi connectivity index (χ0) is 12.7. The number of fused-ring (bicyclic) bond motifs is 1. The topological polar surface area (TPSA) is 49.4 Å². The lowest BCUT2D eigenvalue weighted by Gasteiger charge is -2.12. The van der Waals surface area contributed by atoms with Crippen molar-refractivity contribution in [2.45, 2.75) is 19.9 Å². The van der Waals surface area contributed by atoms with Crippen LogP contribution in [-0.2, 0) is 9.59 Å². The van der Waals surface area contributed by atoms with Gasteiger partial charge in [0, 0.05) is 24.6 Å². The van der Waals surface area contributed by atoms with Gasteiger partial charge >= 0.3 is 0 Å². The predicted molar refractivity (Wildman–Crippen MR) is 66.2 cm³/mol. The summed E-state index contributed by atoms with van der Waals surface area (Å²) in [5.41, 5.74) is 2.45.